The molecule has 2 nitrogen and oxygen atoms in total. The number of aryl methyl sites for hydroxylation is 2. The second-order valence-corrected chi connectivity index (χ2v) is 5.69. The van der Waals surface area contributed by atoms with Crippen molar-refractivity contribution < 1.29 is 5.11 Å². The Bertz CT molecular complexity index is 443. The number of hydrogen-bond donors (Lipinski definition) is 1. The van der Waals surface area contributed by atoms with Gasteiger partial charge in [-0.05, 0) is 50.8 Å². The van der Waals surface area contributed by atoms with E-state index in [2.05, 4.69) is 36.9 Å². The molecule has 2 fully saturated rings. The Morgan fingerprint density at radius 1 is 1.29 bits per heavy atom. The second-order valence-electron chi connectivity index (χ2n) is 5.69. The van der Waals surface area contributed by atoms with Gasteiger partial charge in [-0.3, -0.25) is 4.90 Å². The maximum absolute atomic E-state index is 11.1. The van der Waals surface area contributed by atoms with E-state index in [0.29, 0.717) is 6.04 Å². The number of benzene rings is 1. The molecule has 2 aliphatic rings. The maximum Gasteiger partial charge on any atom is 0.107 e. The molecule has 92 valence electrons. The predicted octanol–water partition coefficient (Wildman–Crippen LogP) is 2.36. The van der Waals surface area contributed by atoms with E-state index in [9.17, 15) is 5.11 Å². The van der Waals surface area contributed by atoms with Crippen molar-refractivity contribution in [3.8, 4) is 0 Å². The summed E-state index contributed by atoms with van der Waals surface area (Å²) >= 11 is 0. The molecule has 2 heteroatoms. The molecule has 0 radical (unpaired) electrons. The Hall–Kier alpha value is -0.860. The molecule has 0 saturated carbocycles. The fourth-order valence-corrected chi connectivity index (χ4v) is 3.63. The predicted molar refractivity (Wildman–Crippen MR) is 69.0 cm³/mol. The van der Waals surface area contributed by atoms with Gasteiger partial charge in [-0.15, -0.1) is 0 Å². The van der Waals surface area contributed by atoms with E-state index >= 15 is 0 Å². The average molecular weight is 231 g/mol. The lowest BCUT2D eigenvalue weighted by atomic mass is 9.82. The summed E-state index contributed by atoms with van der Waals surface area (Å²) < 4.78 is 0. The first-order valence-electron chi connectivity index (χ1n) is 6.65. The molecular formula is C15H21NO. The lowest BCUT2D eigenvalue weighted by molar-refractivity contribution is 0.00878. The molecule has 0 spiro atoms. The van der Waals surface area contributed by atoms with Gasteiger partial charge in [-0.1, -0.05) is 23.8 Å². The van der Waals surface area contributed by atoms with E-state index < -0.39 is 5.60 Å². The van der Waals surface area contributed by atoms with Crippen molar-refractivity contribution in [2.45, 2.75) is 44.8 Å². The summed E-state index contributed by atoms with van der Waals surface area (Å²) in [4.78, 5) is 2.46. The van der Waals surface area contributed by atoms with Crippen LogP contribution < -0.4 is 0 Å². The third-order valence-electron chi connectivity index (χ3n) is 4.55. The van der Waals surface area contributed by atoms with Crippen molar-refractivity contribution in [2.75, 3.05) is 13.1 Å². The van der Waals surface area contributed by atoms with Crippen molar-refractivity contribution in [1.29, 1.82) is 0 Å². The normalized spacial score (nSPS) is 33.0. The minimum absolute atomic E-state index is 0.350. The Morgan fingerprint density at radius 2 is 2.12 bits per heavy atom. The number of aliphatic hydroxyl groups is 1. The minimum Gasteiger partial charge on any atom is -0.383 e. The van der Waals surface area contributed by atoms with E-state index in [-0.39, 0.29) is 0 Å². The van der Waals surface area contributed by atoms with Crippen LogP contribution in [0.15, 0.2) is 18.2 Å². The van der Waals surface area contributed by atoms with Crippen LogP contribution in [0.1, 0.15) is 36.0 Å². The van der Waals surface area contributed by atoms with Crippen LogP contribution in [-0.4, -0.2) is 29.1 Å². The van der Waals surface area contributed by atoms with Gasteiger partial charge in [0.25, 0.3) is 0 Å². The third kappa shape index (κ3) is 1.62. The van der Waals surface area contributed by atoms with Crippen molar-refractivity contribution in [1.82, 2.24) is 4.90 Å². The maximum atomic E-state index is 11.1. The summed E-state index contributed by atoms with van der Waals surface area (Å²) in [6, 6.07) is 6.80. The van der Waals surface area contributed by atoms with E-state index in [0.717, 1.165) is 31.5 Å². The van der Waals surface area contributed by atoms with Crippen molar-refractivity contribution in [3.63, 3.8) is 0 Å². The molecule has 2 aliphatic heterocycles. The minimum atomic E-state index is -0.605. The van der Waals surface area contributed by atoms with Gasteiger partial charge in [-0.25, -0.2) is 0 Å². The zero-order valence-electron chi connectivity index (χ0n) is 10.7. The molecule has 0 aromatic heterocycles. The van der Waals surface area contributed by atoms with Crippen molar-refractivity contribution >= 4 is 0 Å². The van der Waals surface area contributed by atoms with E-state index in [1.807, 2.05) is 0 Å². The van der Waals surface area contributed by atoms with Gasteiger partial charge in [0.05, 0.1) is 0 Å². The highest BCUT2D eigenvalue weighted by molar-refractivity contribution is 5.37. The third-order valence-corrected chi connectivity index (χ3v) is 4.55. The summed E-state index contributed by atoms with van der Waals surface area (Å²) in [5, 5.41) is 11.1. The molecule has 0 amide bonds. The largest absolute Gasteiger partial charge is 0.383 e. The molecular weight excluding hydrogens is 210 g/mol. The Labute approximate surface area is 103 Å². The lowest BCUT2D eigenvalue weighted by Crippen LogP contribution is -2.39. The second kappa shape index (κ2) is 3.82. The van der Waals surface area contributed by atoms with Gasteiger partial charge in [0.15, 0.2) is 0 Å². The number of fused-ring (bicyclic) bond motifs is 1. The molecule has 0 aliphatic carbocycles. The van der Waals surface area contributed by atoms with Crippen LogP contribution in [0.3, 0.4) is 0 Å². The fourth-order valence-electron chi connectivity index (χ4n) is 3.63. The monoisotopic (exact) mass is 231 g/mol. The molecule has 1 aromatic carbocycles. The highest BCUT2D eigenvalue weighted by Gasteiger charge is 2.49. The first-order valence-corrected chi connectivity index (χ1v) is 6.65. The molecule has 3 rings (SSSR count). The van der Waals surface area contributed by atoms with Crippen LogP contribution in [0.2, 0.25) is 0 Å². The summed E-state index contributed by atoms with van der Waals surface area (Å²) in [5.41, 5.74) is 3.03. The van der Waals surface area contributed by atoms with Crippen LogP contribution in [0.25, 0.3) is 0 Å². The van der Waals surface area contributed by atoms with Crippen LogP contribution >= 0.6 is 0 Å². The summed E-state index contributed by atoms with van der Waals surface area (Å²) in [5.74, 6) is 0. The first-order chi connectivity index (χ1) is 8.11. The summed E-state index contributed by atoms with van der Waals surface area (Å²) in [6.07, 6.45) is 3.27. The number of rotatable bonds is 1. The van der Waals surface area contributed by atoms with Crippen LogP contribution in [0.5, 0.6) is 0 Å². The van der Waals surface area contributed by atoms with Crippen LogP contribution in [0.4, 0.5) is 0 Å². The lowest BCUT2D eigenvalue weighted by Gasteiger charge is -2.32. The van der Waals surface area contributed by atoms with Crippen molar-refractivity contribution in [2.24, 2.45) is 0 Å². The molecule has 2 saturated heterocycles. The average Bonchev–Trinajstić information content (AvgIpc) is 2.87. The molecule has 0 bridgehead atoms. The van der Waals surface area contributed by atoms with Gasteiger partial charge in [-0.2, -0.15) is 0 Å². The zero-order chi connectivity index (χ0) is 12.0. The molecule has 2 atom stereocenters. The zero-order valence-corrected chi connectivity index (χ0v) is 10.7. The van der Waals surface area contributed by atoms with E-state index in [1.54, 1.807) is 0 Å². The number of hydrogen-bond acceptors (Lipinski definition) is 2. The van der Waals surface area contributed by atoms with Gasteiger partial charge >= 0.3 is 0 Å². The summed E-state index contributed by atoms with van der Waals surface area (Å²) in [6.45, 7) is 6.43. The first kappa shape index (κ1) is 11.2. The molecule has 1 aromatic rings. The van der Waals surface area contributed by atoms with Gasteiger partial charge in [0, 0.05) is 12.6 Å². The Morgan fingerprint density at radius 3 is 2.94 bits per heavy atom. The van der Waals surface area contributed by atoms with E-state index in [4.69, 9.17) is 0 Å². The fraction of sp³-hybridized carbons (Fsp3) is 0.600. The Balaban J connectivity index is 2.05. The molecule has 1 N–H and O–H groups in total. The van der Waals surface area contributed by atoms with Crippen molar-refractivity contribution in [3.05, 3.63) is 34.9 Å². The molecule has 17 heavy (non-hydrogen) atoms. The smallest absolute Gasteiger partial charge is 0.107 e. The standard InChI is InChI=1S/C15H21NO/c1-11-5-6-12(2)13(10-11)15(17)7-9-16-8-3-4-14(15)16/h5-6,10,14,17H,3-4,7-9H2,1-2H3. The number of nitrogens with zero attached hydrogens (tertiary/aromatic N) is 1. The SMILES string of the molecule is Cc1ccc(C)c(C2(O)CCN3CCCC32)c1. The van der Waals surface area contributed by atoms with Gasteiger partial charge in [0.1, 0.15) is 5.60 Å². The Kier molecular flexibility index (Phi) is 2.53. The van der Waals surface area contributed by atoms with Crippen LogP contribution in [-0.2, 0) is 5.60 Å². The topological polar surface area (TPSA) is 23.5 Å². The van der Waals surface area contributed by atoms with Crippen LogP contribution in [0, 0.1) is 13.8 Å². The molecule has 2 heterocycles. The van der Waals surface area contributed by atoms with Gasteiger partial charge in [0.2, 0.25) is 0 Å². The summed E-state index contributed by atoms with van der Waals surface area (Å²) in [7, 11) is 0. The highest BCUT2D eigenvalue weighted by Crippen LogP contribution is 2.44. The molecule has 2 unspecified atom stereocenters. The quantitative estimate of drug-likeness (QED) is 0.802. The van der Waals surface area contributed by atoms with Gasteiger partial charge < -0.3 is 5.11 Å². The highest BCUT2D eigenvalue weighted by atomic mass is 16.3. The van der Waals surface area contributed by atoms with E-state index in [1.165, 1.54) is 17.5 Å².